The van der Waals surface area contributed by atoms with E-state index < -0.39 is 0 Å². The molecule has 0 spiro atoms. The largest absolute Gasteiger partial charge is 0.496 e. The van der Waals surface area contributed by atoms with Crippen molar-refractivity contribution in [2.45, 2.75) is 32.4 Å². The Hall–Kier alpha value is -1.95. The molecule has 0 amide bonds. The number of rotatable bonds is 5. The van der Waals surface area contributed by atoms with E-state index >= 15 is 0 Å². The first kappa shape index (κ1) is 17.9. The second-order valence-electron chi connectivity index (χ2n) is 6.86. The molecule has 1 fully saturated rings. The lowest BCUT2D eigenvalue weighted by molar-refractivity contribution is 0.157. The normalized spacial score (nSPS) is 22.7. The maximum absolute atomic E-state index is 5.88. The van der Waals surface area contributed by atoms with Crippen LogP contribution in [-0.4, -0.2) is 57.9 Å². The number of hydrogen-bond donors (Lipinski definition) is 1. The van der Waals surface area contributed by atoms with Crippen LogP contribution in [0.5, 0.6) is 11.5 Å². The van der Waals surface area contributed by atoms with Gasteiger partial charge in [0.2, 0.25) is 0 Å². The summed E-state index contributed by atoms with van der Waals surface area (Å²) in [6.07, 6.45) is 2.32. The molecular weight excluding hydrogens is 318 g/mol. The van der Waals surface area contributed by atoms with Crippen LogP contribution in [0.4, 0.5) is 0 Å². The van der Waals surface area contributed by atoms with Gasteiger partial charge in [0, 0.05) is 57.3 Å². The van der Waals surface area contributed by atoms with Gasteiger partial charge in [0.15, 0.2) is 5.96 Å². The number of aliphatic imine (C=N–C) groups is 1. The molecule has 0 aromatic heterocycles. The van der Waals surface area contributed by atoms with E-state index in [-0.39, 0.29) is 6.10 Å². The van der Waals surface area contributed by atoms with Crippen LogP contribution in [-0.2, 0) is 17.7 Å². The van der Waals surface area contributed by atoms with Crippen LogP contribution < -0.4 is 14.8 Å². The van der Waals surface area contributed by atoms with Gasteiger partial charge in [0.1, 0.15) is 17.6 Å². The van der Waals surface area contributed by atoms with Crippen LogP contribution in [0.1, 0.15) is 24.5 Å². The molecule has 1 aromatic rings. The van der Waals surface area contributed by atoms with Gasteiger partial charge in [-0.05, 0) is 25.5 Å². The number of ether oxygens (including phenoxy) is 3. The molecule has 0 radical (unpaired) electrons. The van der Waals surface area contributed by atoms with Gasteiger partial charge in [0.05, 0.1) is 13.7 Å². The van der Waals surface area contributed by atoms with Crippen molar-refractivity contribution in [3.8, 4) is 11.5 Å². The number of guanidine groups is 1. The summed E-state index contributed by atoms with van der Waals surface area (Å²) in [5.74, 6) is 3.38. The molecule has 1 aromatic carbocycles. The Morgan fingerprint density at radius 2 is 2.24 bits per heavy atom. The van der Waals surface area contributed by atoms with Crippen molar-refractivity contribution in [2.24, 2.45) is 10.9 Å². The fourth-order valence-corrected chi connectivity index (χ4v) is 3.71. The van der Waals surface area contributed by atoms with Crippen LogP contribution in [0.3, 0.4) is 0 Å². The highest BCUT2D eigenvalue weighted by atomic mass is 16.5. The van der Waals surface area contributed by atoms with Gasteiger partial charge in [-0.2, -0.15) is 0 Å². The van der Waals surface area contributed by atoms with E-state index in [2.05, 4.69) is 34.3 Å². The Balaban J connectivity index is 1.65. The first-order valence-corrected chi connectivity index (χ1v) is 8.95. The summed E-state index contributed by atoms with van der Waals surface area (Å²) in [5.41, 5.74) is 2.31. The van der Waals surface area contributed by atoms with E-state index in [9.17, 15) is 0 Å². The van der Waals surface area contributed by atoms with Crippen LogP contribution in [0.15, 0.2) is 17.1 Å². The summed E-state index contributed by atoms with van der Waals surface area (Å²) in [6.45, 7) is 5.55. The quantitative estimate of drug-likeness (QED) is 0.653. The molecule has 2 atom stereocenters. The number of hydrogen-bond acceptors (Lipinski definition) is 4. The van der Waals surface area contributed by atoms with Gasteiger partial charge in [-0.3, -0.25) is 4.99 Å². The molecule has 6 heteroatoms. The lowest BCUT2D eigenvalue weighted by atomic mass is 10.1. The van der Waals surface area contributed by atoms with Gasteiger partial charge in [-0.1, -0.05) is 0 Å². The van der Waals surface area contributed by atoms with Crippen LogP contribution in [0.2, 0.25) is 0 Å². The van der Waals surface area contributed by atoms with E-state index in [1.165, 1.54) is 5.56 Å². The molecule has 6 nitrogen and oxygen atoms in total. The minimum absolute atomic E-state index is 0.234. The van der Waals surface area contributed by atoms with Gasteiger partial charge < -0.3 is 24.4 Å². The topological polar surface area (TPSA) is 55.3 Å². The fraction of sp³-hybridized carbons (Fsp3) is 0.632. The molecule has 2 aliphatic rings. The summed E-state index contributed by atoms with van der Waals surface area (Å²) in [7, 11) is 5.31. The number of fused-ring (bicyclic) bond motifs is 1. The van der Waals surface area contributed by atoms with Crippen molar-refractivity contribution in [1.29, 1.82) is 0 Å². The van der Waals surface area contributed by atoms with Gasteiger partial charge in [-0.25, -0.2) is 0 Å². The van der Waals surface area contributed by atoms with E-state index in [0.29, 0.717) is 12.5 Å². The van der Waals surface area contributed by atoms with Gasteiger partial charge in [0.25, 0.3) is 0 Å². The van der Waals surface area contributed by atoms with Crippen molar-refractivity contribution < 1.29 is 14.2 Å². The average Bonchev–Trinajstić information content (AvgIpc) is 3.20. The van der Waals surface area contributed by atoms with Crippen molar-refractivity contribution in [3.05, 3.63) is 23.3 Å². The summed E-state index contributed by atoms with van der Waals surface area (Å²) >= 11 is 0. The Labute approximate surface area is 150 Å². The zero-order valence-electron chi connectivity index (χ0n) is 15.7. The van der Waals surface area contributed by atoms with E-state index in [0.717, 1.165) is 55.6 Å². The summed E-state index contributed by atoms with van der Waals surface area (Å²) in [6, 6.07) is 4.19. The maximum Gasteiger partial charge on any atom is 0.193 e. The molecule has 1 N–H and O–H groups in total. The van der Waals surface area contributed by atoms with Crippen molar-refractivity contribution in [3.63, 3.8) is 0 Å². The third-order valence-corrected chi connectivity index (χ3v) is 4.94. The lowest BCUT2D eigenvalue weighted by Crippen LogP contribution is -2.39. The fourth-order valence-electron chi connectivity index (χ4n) is 3.71. The molecule has 1 saturated heterocycles. The molecule has 0 aliphatic carbocycles. The Morgan fingerprint density at radius 1 is 1.40 bits per heavy atom. The minimum atomic E-state index is 0.234. The van der Waals surface area contributed by atoms with E-state index in [1.807, 2.05) is 7.05 Å². The number of benzene rings is 1. The first-order chi connectivity index (χ1) is 12.1. The number of likely N-dealkylation sites (tertiary alicyclic amines) is 1. The number of methoxy groups -OCH3 is 2. The summed E-state index contributed by atoms with van der Waals surface area (Å²) < 4.78 is 16.7. The number of nitrogens with one attached hydrogen (secondary N) is 1. The van der Waals surface area contributed by atoms with Crippen molar-refractivity contribution >= 4 is 5.96 Å². The Kier molecular flexibility index (Phi) is 5.68. The predicted molar refractivity (Wildman–Crippen MR) is 98.5 cm³/mol. The lowest BCUT2D eigenvalue weighted by Gasteiger charge is -2.22. The number of nitrogens with zero attached hydrogens (tertiary/aromatic N) is 2. The summed E-state index contributed by atoms with van der Waals surface area (Å²) in [4.78, 5) is 6.73. The van der Waals surface area contributed by atoms with Crippen molar-refractivity contribution in [2.75, 3.05) is 41.0 Å². The molecule has 0 saturated carbocycles. The second-order valence-corrected chi connectivity index (χ2v) is 6.86. The standard InChI is InChI=1S/C19H29N3O3/c1-13-7-15-8-17(24-4)16(9-18(15)25-13)10-21-19(20-2)22-6-5-14(11-22)12-23-3/h8-9,13-14H,5-7,10-12H2,1-4H3,(H,20,21). The highest BCUT2D eigenvalue weighted by Gasteiger charge is 2.25. The molecule has 3 rings (SSSR count). The van der Waals surface area contributed by atoms with E-state index in [1.54, 1.807) is 14.2 Å². The Bertz CT molecular complexity index is 633. The molecule has 0 bridgehead atoms. The van der Waals surface area contributed by atoms with Crippen LogP contribution in [0, 0.1) is 5.92 Å². The monoisotopic (exact) mass is 347 g/mol. The third-order valence-electron chi connectivity index (χ3n) is 4.94. The molecule has 2 aliphatic heterocycles. The molecule has 25 heavy (non-hydrogen) atoms. The second kappa shape index (κ2) is 7.95. The molecular formula is C19H29N3O3. The smallest absolute Gasteiger partial charge is 0.193 e. The highest BCUT2D eigenvalue weighted by Crippen LogP contribution is 2.35. The average molecular weight is 347 g/mol. The zero-order chi connectivity index (χ0) is 17.8. The van der Waals surface area contributed by atoms with Crippen molar-refractivity contribution in [1.82, 2.24) is 10.2 Å². The van der Waals surface area contributed by atoms with Gasteiger partial charge in [-0.15, -0.1) is 0 Å². The molecule has 2 unspecified atom stereocenters. The maximum atomic E-state index is 5.88. The first-order valence-electron chi connectivity index (χ1n) is 8.95. The highest BCUT2D eigenvalue weighted by molar-refractivity contribution is 5.80. The third kappa shape index (κ3) is 4.00. The van der Waals surface area contributed by atoms with E-state index in [4.69, 9.17) is 14.2 Å². The molecule has 138 valence electrons. The minimum Gasteiger partial charge on any atom is -0.496 e. The van der Waals surface area contributed by atoms with Crippen LogP contribution >= 0.6 is 0 Å². The summed E-state index contributed by atoms with van der Waals surface area (Å²) in [5, 5.41) is 3.47. The predicted octanol–water partition coefficient (Wildman–Crippen LogP) is 2.06. The zero-order valence-corrected chi connectivity index (χ0v) is 15.7. The SMILES string of the molecule is CN=C(NCc1cc2c(cc1OC)CC(C)O2)N1CCC(COC)C1. The molecule has 2 heterocycles. The van der Waals surface area contributed by atoms with Gasteiger partial charge >= 0.3 is 0 Å². The van der Waals surface area contributed by atoms with Crippen LogP contribution in [0.25, 0.3) is 0 Å². The Morgan fingerprint density at radius 3 is 2.96 bits per heavy atom.